The van der Waals surface area contributed by atoms with Crippen LogP contribution in [0.2, 0.25) is 0 Å². The summed E-state index contributed by atoms with van der Waals surface area (Å²) in [5, 5.41) is 0. The van der Waals surface area contributed by atoms with E-state index in [4.69, 9.17) is 0 Å². The highest BCUT2D eigenvalue weighted by molar-refractivity contribution is 4.77. The molecule has 6 atom stereocenters. The second-order valence-corrected chi connectivity index (χ2v) is 10.4. The summed E-state index contributed by atoms with van der Waals surface area (Å²) in [6.45, 7) is 14.8. The zero-order chi connectivity index (χ0) is 20.1. The van der Waals surface area contributed by atoms with Crippen LogP contribution in [-0.4, -0.2) is 0 Å². The minimum atomic E-state index is 0.936. The Morgan fingerprint density at radius 3 is 2.19 bits per heavy atom. The van der Waals surface area contributed by atoms with Crippen molar-refractivity contribution in [2.75, 3.05) is 0 Å². The van der Waals surface area contributed by atoms with E-state index in [-0.39, 0.29) is 0 Å². The van der Waals surface area contributed by atoms with Crippen LogP contribution in [0.1, 0.15) is 138 Å². The molecule has 0 spiro atoms. The molecule has 0 nitrogen and oxygen atoms in total. The van der Waals surface area contributed by atoms with Crippen LogP contribution in [0, 0.1) is 35.5 Å². The summed E-state index contributed by atoms with van der Waals surface area (Å²) < 4.78 is 0. The molecule has 1 aliphatic rings. The maximum Gasteiger partial charge on any atom is -0.0391 e. The molecule has 162 valence electrons. The van der Waals surface area contributed by atoms with Gasteiger partial charge in [-0.2, -0.15) is 0 Å². The van der Waals surface area contributed by atoms with Crippen molar-refractivity contribution in [2.24, 2.45) is 35.5 Å². The van der Waals surface area contributed by atoms with Gasteiger partial charge < -0.3 is 0 Å². The fourth-order valence-electron chi connectivity index (χ4n) is 6.23. The first kappa shape index (κ1) is 25.0. The second kappa shape index (κ2) is 14.9. The van der Waals surface area contributed by atoms with E-state index in [0.29, 0.717) is 0 Å². The molecule has 1 aliphatic carbocycles. The van der Waals surface area contributed by atoms with Crippen molar-refractivity contribution in [3.63, 3.8) is 0 Å². The molecular formula is C27H54. The molecule has 0 aromatic carbocycles. The first-order valence-corrected chi connectivity index (χ1v) is 13.0. The zero-order valence-electron chi connectivity index (χ0n) is 20.1. The fraction of sp³-hybridized carbons (Fsp3) is 1.00. The molecule has 0 aliphatic heterocycles. The van der Waals surface area contributed by atoms with Crippen LogP contribution >= 0.6 is 0 Å². The van der Waals surface area contributed by atoms with E-state index in [1.807, 2.05) is 0 Å². The lowest BCUT2D eigenvalue weighted by Gasteiger charge is -2.28. The molecular weight excluding hydrogens is 324 g/mol. The number of rotatable bonds is 10. The van der Waals surface area contributed by atoms with Crippen LogP contribution in [-0.2, 0) is 0 Å². The molecule has 0 heteroatoms. The monoisotopic (exact) mass is 378 g/mol. The third kappa shape index (κ3) is 10.4. The van der Waals surface area contributed by atoms with Crippen molar-refractivity contribution in [1.82, 2.24) is 0 Å². The van der Waals surface area contributed by atoms with Gasteiger partial charge in [-0.25, -0.2) is 0 Å². The molecule has 0 saturated heterocycles. The van der Waals surface area contributed by atoms with E-state index < -0.39 is 0 Å². The average Bonchev–Trinajstić information content (AvgIpc) is 2.66. The summed E-state index contributed by atoms with van der Waals surface area (Å²) >= 11 is 0. The molecule has 0 N–H and O–H groups in total. The van der Waals surface area contributed by atoms with Crippen molar-refractivity contribution >= 4 is 0 Å². The van der Waals surface area contributed by atoms with Crippen molar-refractivity contribution in [2.45, 2.75) is 138 Å². The Labute approximate surface area is 173 Å². The number of hydrogen-bond acceptors (Lipinski definition) is 0. The van der Waals surface area contributed by atoms with Gasteiger partial charge in [-0.3, -0.25) is 0 Å². The van der Waals surface area contributed by atoms with Gasteiger partial charge in [0.25, 0.3) is 0 Å². The molecule has 6 unspecified atom stereocenters. The van der Waals surface area contributed by atoms with Crippen LogP contribution in [0.25, 0.3) is 0 Å². The lowest BCUT2D eigenvalue weighted by molar-refractivity contribution is 0.229. The molecule has 0 amide bonds. The van der Waals surface area contributed by atoms with Crippen molar-refractivity contribution in [1.29, 1.82) is 0 Å². The highest BCUT2D eigenvalue weighted by atomic mass is 14.3. The Hall–Kier alpha value is 0. The van der Waals surface area contributed by atoms with E-state index >= 15 is 0 Å². The van der Waals surface area contributed by atoms with Gasteiger partial charge in [-0.05, 0) is 61.2 Å². The standard InChI is InChI=1S/C27H54/c1-7-11-12-15-25-18-22(5)19-26(21-24(9-3)14-8-2)16-13-17-27(10-4)23(6)20-25/h22-27H,7-21H2,1-6H3. The molecule has 0 radical (unpaired) electrons. The highest BCUT2D eigenvalue weighted by Gasteiger charge is 2.25. The zero-order valence-corrected chi connectivity index (χ0v) is 20.1. The minimum absolute atomic E-state index is 0.936. The van der Waals surface area contributed by atoms with Gasteiger partial charge >= 0.3 is 0 Å². The van der Waals surface area contributed by atoms with E-state index in [1.54, 1.807) is 0 Å². The summed E-state index contributed by atoms with van der Waals surface area (Å²) in [6.07, 6.45) is 21.9. The molecule has 1 rings (SSSR count). The fourth-order valence-corrected chi connectivity index (χ4v) is 6.23. The van der Waals surface area contributed by atoms with E-state index in [0.717, 1.165) is 35.5 Å². The van der Waals surface area contributed by atoms with Gasteiger partial charge in [0.1, 0.15) is 0 Å². The quantitative estimate of drug-likeness (QED) is 0.332. The third-order valence-corrected chi connectivity index (χ3v) is 7.85. The van der Waals surface area contributed by atoms with Crippen molar-refractivity contribution in [3.8, 4) is 0 Å². The van der Waals surface area contributed by atoms with Crippen LogP contribution in [0.4, 0.5) is 0 Å². The normalized spacial score (nSPS) is 32.0. The van der Waals surface area contributed by atoms with Crippen LogP contribution < -0.4 is 0 Å². The number of unbranched alkanes of at least 4 members (excludes halogenated alkanes) is 2. The summed E-state index contributed by atoms with van der Waals surface area (Å²) in [7, 11) is 0. The predicted molar refractivity (Wildman–Crippen MR) is 124 cm³/mol. The largest absolute Gasteiger partial charge is 0.0654 e. The van der Waals surface area contributed by atoms with Crippen LogP contribution in [0.15, 0.2) is 0 Å². The van der Waals surface area contributed by atoms with Gasteiger partial charge in [0.15, 0.2) is 0 Å². The maximum atomic E-state index is 2.58. The Balaban J connectivity index is 2.77. The summed E-state index contributed by atoms with van der Waals surface area (Å²) in [6, 6.07) is 0. The average molecular weight is 379 g/mol. The predicted octanol–water partition coefficient (Wildman–Crippen LogP) is 9.67. The highest BCUT2D eigenvalue weighted by Crippen LogP contribution is 2.38. The minimum Gasteiger partial charge on any atom is -0.0654 e. The maximum absolute atomic E-state index is 2.58. The summed E-state index contributed by atoms with van der Waals surface area (Å²) in [4.78, 5) is 0. The second-order valence-electron chi connectivity index (χ2n) is 10.4. The van der Waals surface area contributed by atoms with Crippen molar-refractivity contribution in [3.05, 3.63) is 0 Å². The molecule has 0 bridgehead atoms. The van der Waals surface area contributed by atoms with E-state index in [9.17, 15) is 0 Å². The molecule has 0 heterocycles. The Kier molecular flexibility index (Phi) is 13.8. The molecule has 0 aromatic heterocycles. The van der Waals surface area contributed by atoms with Gasteiger partial charge in [0.05, 0.1) is 0 Å². The lowest BCUT2D eigenvalue weighted by atomic mass is 9.77. The first-order chi connectivity index (χ1) is 13.0. The third-order valence-electron chi connectivity index (χ3n) is 7.85. The van der Waals surface area contributed by atoms with E-state index in [1.165, 1.54) is 96.3 Å². The van der Waals surface area contributed by atoms with Crippen molar-refractivity contribution < 1.29 is 0 Å². The molecule has 1 saturated carbocycles. The Morgan fingerprint density at radius 2 is 1.56 bits per heavy atom. The summed E-state index contributed by atoms with van der Waals surface area (Å²) in [5.41, 5.74) is 0. The molecule has 0 aromatic rings. The summed E-state index contributed by atoms with van der Waals surface area (Å²) in [5.74, 6) is 5.83. The topological polar surface area (TPSA) is 0 Å². The molecule has 1 fully saturated rings. The van der Waals surface area contributed by atoms with Gasteiger partial charge in [-0.15, -0.1) is 0 Å². The van der Waals surface area contributed by atoms with Crippen LogP contribution in [0.5, 0.6) is 0 Å². The smallest absolute Gasteiger partial charge is 0.0391 e. The van der Waals surface area contributed by atoms with Gasteiger partial charge in [0.2, 0.25) is 0 Å². The Bertz CT molecular complexity index is 331. The SMILES string of the molecule is CCCCCC1CC(C)CC(CC(CC)CCC)CCCC(CC)C(C)C1. The van der Waals surface area contributed by atoms with E-state index in [2.05, 4.69) is 41.5 Å². The van der Waals surface area contributed by atoms with Crippen LogP contribution in [0.3, 0.4) is 0 Å². The lowest BCUT2D eigenvalue weighted by Crippen LogP contribution is -2.17. The first-order valence-electron chi connectivity index (χ1n) is 13.0. The number of hydrogen-bond donors (Lipinski definition) is 0. The van der Waals surface area contributed by atoms with Gasteiger partial charge in [0, 0.05) is 0 Å². The Morgan fingerprint density at radius 1 is 0.815 bits per heavy atom. The molecule has 27 heavy (non-hydrogen) atoms. The van der Waals surface area contributed by atoms with Gasteiger partial charge in [-0.1, -0.05) is 112 Å².